The number of carbonyl (C=O) groups is 1. The van der Waals surface area contributed by atoms with Crippen molar-refractivity contribution in [3.05, 3.63) is 69.7 Å². The topological polar surface area (TPSA) is 95.6 Å². The van der Waals surface area contributed by atoms with Crippen molar-refractivity contribution >= 4 is 5.91 Å². The van der Waals surface area contributed by atoms with Gasteiger partial charge in [0.2, 0.25) is 5.91 Å². The summed E-state index contributed by atoms with van der Waals surface area (Å²) in [5.74, 6) is -0.605. The van der Waals surface area contributed by atoms with E-state index >= 15 is 0 Å². The van der Waals surface area contributed by atoms with Crippen LogP contribution in [0.1, 0.15) is 16.8 Å². The minimum Gasteiger partial charge on any atom is -0.352 e. The van der Waals surface area contributed by atoms with Gasteiger partial charge in [-0.1, -0.05) is 6.07 Å². The largest absolute Gasteiger partial charge is 0.352 e. The van der Waals surface area contributed by atoms with Crippen molar-refractivity contribution < 1.29 is 9.18 Å². The predicted octanol–water partition coefficient (Wildman–Crippen LogP) is 1.20. The Morgan fingerprint density at radius 1 is 1.38 bits per heavy atom. The molecule has 0 saturated carbocycles. The molecular weight excluding hydrogens is 313 g/mol. The van der Waals surface area contributed by atoms with Crippen LogP contribution in [0, 0.1) is 12.7 Å². The number of aromatic amines is 2. The third kappa shape index (κ3) is 3.43. The zero-order chi connectivity index (χ0) is 17.1. The molecule has 0 spiro atoms. The first-order valence-electron chi connectivity index (χ1n) is 7.35. The molecule has 24 heavy (non-hydrogen) atoms. The molecule has 0 atom stereocenters. The van der Waals surface area contributed by atoms with Gasteiger partial charge in [0.05, 0.1) is 18.3 Å². The molecule has 0 aliphatic carbocycles. The number of aryl methyl sites for hydroxylation is 1. The molecule has 2 heterocycles. The molecule has 124 valence electrons. The van der Waals surface area contributed by atoms with Crippen LogP contribution in [0.2, 0.25) is 0 Å². The Kier molecular flexibility index (Phi) is 4.28. The summed E-state index contributed by atoms with van der Waals surface area (Å²) in [6, 6.07) is 6.07. The lowest BCUT2D eigenvalue weighted by Crippen LogP contribution is -2.26. The van der Waals surface area contributed by atoms with Gasteiger partial charge in [0.1, 0.15) is 5.82 Å². The first kappa shape index (κ1) is 15.7. The Hall–Kier alpha value is -3.16. The van der Waals surface area contributed by atoms with Crippen LogP contribution in [0.4, 0.5) is 4.39 Å². The van der Waals surface area contributed by atoms with E-state index in [1.807, 2.05) is 0 Å². The number of nitrogens with one attached hydrogen (secondary N) is 3. The van der Waals surface area contributed by atoms with Crippen molar-refractivity contribution in [2.24, 2.45) is 0 Å². The Morgan fingerprint density at radius 3 is 2.92 bits per heavy atom. The van der Waals surface area contributed by atoms with Gasteiger partial charge in [0.15, 0.2) is 0 Å². The predicted molar refractivity (Wildman–Crippen MR) is 85.2 cm³/mol. The average Bonchev–Trinajstić information content (AvgIpc) is 3.15. The van der Waals surface area contributed by atoms with Gasteiger partial charge in [-0.25, -0.2) is 9.07 Å². The van der Waals surface area contributed by atoms with E-state index in [-0.39, 0.29) is 30.2 Å². The van der Waals surface area contributed by atoms with E-state index in [4.69, 9.17) is 0 Å². The summed E-state index contributed by atoms with van der Waals surface area (Å²) < 4.78 is 14.8. The van der Waals surface area contributed by atoms with Gasteiger partial charge in [0, 0.05) is 29.6 Å². The van der Waals surface area contributed by atoms with E-state index in [0.29, 0.717) is 16.9 Å². The summed E-state index contributed by atoms with van der Waals surface area (Å²) in [4.78, 5) is 23.5. The number of amides is 1. The van der Waals surface area contributed by atoms with Crippen molar-refractivity contribution in [3.8, 4) is 5.69 Å². The van der Waals surface area contributed by atoms with E-state index < -0.39 is 0 Å². The third-order valence-corrected chi connectivity index (χ3v) is 3.63. The second-order valence-electron chi connectivity index (χ2n) is 5.41. The molecule has 8 heteroatoms. The summed E-state index contributed by atoms with van der Waals surface area (Å²) in [6.07, 6.45) is 3.31. The van der Waals surface area contributed by atoms with E-state index in [1.54, 1.807) is 31.5 Å². The van der Waals surface area contributed by atoms with Crippen LogP contribution < -0.4 is 10.9 Å². The van der Waals surface area contributed by atoms with Crippen LogP contribution >= 0.6 is 0 Å². The number of nitrogens with zero attached hydrogens (tertiary/aromatic N) is 2. The standard InChI is InChI=1S/C16H16FN5O2/c1-10-14(16(24)21-20-10)6-15(23)18-7-11-8-19-22(9-11)13-4-2-3-12(17)5-13/h2-5,8-9H,6-7H2,1H3,(H,18,23)(H2,20,21,24). The quantitative estimate of drug-likeness (QED) is 0.656. The number of hydrogen-bond acceptors (Lipinski definition) is 3. The number of halogens is 1. The Bertz CT molecular complexity index is 924. The van der Waals surface area contributed by atoms with Crippen molar-refractivity contribution in [1.29, 1.82) is 0 Å². The molecule has 0 unspecified atom stereocenters. The highest BCUT2D eigenvalue weighted by Crippen LogP contribution is 2.10. The van der Waals surface area contributed by atoms with Crippen molar-refractivity contribution in [3.63, 3.8) is 0 Å². The molecule has 7 nitrogen and oxygen atoms in total. The number of hydrogen-bond donors (Lipinski definition) is 3. The maximum Gasteiger partial charge on any atom is 0.267 e. The van der Waals surface area contributed by atoms with E-state index in [2.05, 4.69) is 20.6 Å². The van der Waals surface area contributed by atoms with Crippen LogP contribution in [-0.4, -0.2) is 25.9 Å². The minimum atomic E-state index is -0.343. The van der Waals surface area contributed by atoms with E-state index in [0.717, 1.165) is 5.56 Å². The molecule has 2 aromatic heterocycles. The lowest BCUT2D eigenvalue weighted by atomic mass is 10.2. The van der Waals surface area contributed by atoms with Crippen molar-refractivity contribution in [2.45, 2.75) is 19.9 Å². The fourth-order valence-electron chi connectivity index (χ4n) is 2.32. The highest BCUT2D eigenvalue weighted by Gasteiger charge is 2.11. The molecule has 0 radical (unpaired) electrons. The summed E-state index contributed by atoms with van der Waals surface area (Å²) >= 11 is 0. The minimum absolute atomic E-state index is 0.00268. The van der Waals surface area contributed by atoms with Crippen LogP contribution in [0.5, 0.6) is 0 Å². The van der Waals surface area contributed by atoms with Crippen LogP contribution in [-0.2, 0) is 17.8 Å². The van der Waals surface area contributed by atoms with Gasteiger partial charge in [-0.3, -0.25) is 14.7 Å². The van der Waals surface area contributed by atoms with Gasteiger partial charge in [-0.15, -0.1) is 0 Å². The maximum absolute atomic E-state index is 13.2. The molecular formula is C16H16FN5O2. The van der Waals surface area contributed by atoms with Crippen LogP contribution in [0.15, 0.2) is 41.5 Å². The fraction of sp³-hybridized carbons (Fsp3) is 0.188. The summed E-state index contributed by atoms with van der Waals surface area (Å²) in [6.45, 7) is 2.00. The highest BCUT2D eigenvalue weighted by molar-refractivity contribution is 5.78. The smallest absolute Gasteiger partial charge is 0.267 e. The molecule has 3 N–H and O–H groups in total. The maximum atomic E-state index is 13.2. The molecule has 0 fully saturated rings. The first-order valence-corrected chi connectivity index (χ1v) is 7.35. The number of carbonyl (C=O) groups excluding carboxylic acids is 1. The molecule has 1 aromatic carbocycles. The molecule has 0 aliphatic heterocycles. The summed E-state index contributed by atoms with van der Waals surface area (Å²) in [7, 11) is 0. The van der Waals surface area contributed by atoms with Crippen LogP contribution in [0.3, 0.4) is 0 Å². The van der Waals surface area contributed by atoms with Crippen molar-refractivity contribution in [2.75, 3.05) is 0 Å². The second kappa shape index (κ2) is 6.53. The monoisotopic (exact) mass is 329 g/mol. The SMILES string of the molecule is Cc1[nH][nH]c(=O)c1CC(=O)NCc1cnn(-c2cccc(F)c2)c1. The van der Waals surface area contributed by atoms with E-state index in [1.165, 1.54) is 16.8 Å². The zero-order valence-corrected chi connectivity index (χ0v) is 13.0. The zero-order valence-electron chi connectivity index (χ0n) is 13.0. The van der Waals surface area contributed by atoms with Gasteiger partial charge in [-0.2, -0.15) is 5.10 Å². The Morgan fingerprint density at radius 2 is 2.21 bits per heavy atom. The number of aromatic nitrogens is 4. The molecule has 0 saturated heterocycles. The number of benzene rings is 1. The lowest BCUT2D eigenvalue weighted by Gasteiger charge is -2.03. The second-order valence-corrected chi connectivity index (χ2v) is 5.41. The number of H-pyrrole nitrogens is 2. The summed E-state index contributed by atoms with van der Waals surface area (Å²) in [5, 5.41) is 12.0. The highest BCUT2D eigenvalue weighted by atomic mass is 19.1. The number of rotatable bonds is 5. The Labute approximate surface area is 136 Å². The van der Waals surface area contributed by atoms with Crippen molar-refractivity contribution in [1.82, 2.24) is 25.3 Å². The normalized spacial score (nSPS) is 10.8. The lowest BCUT2D eigenvalue weighted by molar-refractivity contribution is -0.120. The Balaban J connectivity index is 1.61. The van der Waals surface area contributed by atoms with E-state index in [9.17, 15) is 14.0 Å². The van der Waals surface area contributed by atoms with Gasteiger partial charge in [0.25, 0.3) is 5.56 Å². The van der Waals surface area contributed by atoms with Gasteiger partial charge in [-0.05, 0) is 25.1 Å². The molecule has 0 bridgehead atoms. The molecule has 1 amide bonds. The van der Waals surface area contributed by atoms with Crippen LogP contribution in [0.25, 0.3) is 5.69 Å². The summed E-state index contributed by atoms with van der Waals surface area (Å²) in [5.41, 5.74) is 2.15. The molecule has 3 aromatic rings. The van der Waals surface area contributed by atoms with Gasteiger partial charge >= 0.3 is 0 Å². The average molecular weight is 329 g/mol. The molecule has 3 rings (SSSR count). The fourth-order valence-corrected chi connectivity index (χ4v) is 2.32. The third-order valence-electron chi connectivity index (χ3n) is 3.63. The first-order chi connectivity index (χ1) is 11.5. The van der Waals surface area contributed by atoms with Gasteiger partial charge < -0.3 is 10.4 Å². The molecule has 0 aliphatic rings.